The Bertz CT molecular complexity index is 715. The van der Waals surface area contributed by atoms with Crippen LogP contribution in [-0.2, 0) is 11.3 Å². The number of aryl methyl sites for hydroxylation is 1. The molecule has 0 unspecified atom stereocenters. The summed E-state index contributed by atoms with van der Waals surface area (Å²) in [6.07, 6.45) is 1.50. The molecule has 0 aliphatic carbocycles. The summed E-state index contributed by atoms with van der Waals surface area (Å²) in [7, 11) is 4.06. The molecule has 1 aromatic carbocycles. The maximum Gasteiger partial charge on any atom is 0.226 e. The molecule has 2 aromatic rings. The molecule has 1 aliphatic rings. The van der Waals surface area contributed by atoms with Crippen LogP contribution in [0, 0.1) is 6.92 Å². The molecular formula is C18H24N4O. The van der Waals surface area contributed by atoms with E-state index in [1.165, 1.54) is 5.56 Å². The van der Waals surface area contributed by atoms with Crippen molar-refractivity contribution in [3.8, 4) is 0 Å². The predicted octanol–water partition coefficient (Wildman–Crippen LogP) is 3.14. The van der Waals surface area contributed by atoms with Gasteiger partial charge in [-0.25, -0.2) is 0 Å². The summed E-state index contributed by atoms with van der Waals surface area (Å²) in [5, 5.41) is 7.52. The van der Waals surface area contributed by atoms with Crippen molar-refractivity contribution in [1.82, 2.24) is 9.78 Å². The Labute approximate surface area is 137 Å². The Hall–Kier alpha value is -2.30. The lowest BCUT2D eigenvalue weighted by atomic mass is 9.85. The fraction of sp³-hybridized carbons (Fsp3) is 0.444. The normalized spacial score (nSPS) is 16.9. The lowest BCUT2D eigenvalue weighted by Crippen LogP contribution is -2.23. The fourth-order valence-corrected chi connectivity index (χ4v) is 3.26. The smallest absolute Gasteiger partial charge is 0.226 e. The van der Waals surface area contributed by atoms with Crippen molar-refractivity contribution in [2.75, 3.05) is 24.3 Å². The number of amides is 1. The Kier molecular flexibility index (Phi) is 4.11. The third kappa shape index (κ3) is 2.83. The van der Waals surface area contributed by atoms with Crippen LogP contribution in [0.1, 0.15) is 42.5 Å². The highest BCUT2D eigenvalue weighted by Crippen LogP contribution is 2.39. The average Bonchev–Trinajstić information content (AvgIpc) is 2.83. The lowest BCUT2D eigenvalue weighted by Gasteiger charge is -2.23. The summed E-state index contributed by atoms with van der Waals surface area (Å²) in [4.78, 5) is 14.2. The molecule has 23 heavy (non-hydrogen) atoms. The first-order valence-corrected chi connectivity index (χ1v) is 8.15. The number of nitrogens with one attached hydrogen (secondary N) is 1. The van der Waals surface area contributed by atoms with Crippen molar-refractivity contribution >= 4 is 17.4 Å². The molecule has 1 aromatic heterocycles. The number of nitrogens with zero attached hydrogens (tertiary/aromatic N) is 3. The molecule has 0 radical (unpaired) electrons. The predicted molar refractivity (Wildman–Crippen MR) is 93.1 cm³/mol. The second-order valence-electron chi connectivity index (χ2n) is 6.36. The van der Waals surface area contributed by atoms with Crippen molar-refractivity contribution in [2.45, 2.75) is 39.2 Å². The van der Waals surface area contributed by atoms with Crippen molar-refractivity contribution in [3.63, 3.8) is 0 Å². The van der Waals surface area contributed by atoms with Gasteiger partial charge in [0, 0.05) is 49.9 Å². The quantitative estimate of drug-likeness (QED) is 0.943. The van der Waals surface area contributed by atoms with E-state index in [0.717, 1.165) is 35.7 Å². The van der Waals surface area contributed by atoms with Crippen LogP contribution in [0.15, 0.2) is 24.3 Å². The number of carbonyl (C=O) groups is 1. The molecule has 1 aliphatic heterocycles. The molecule has 0 bridgehead atoms. The Morgan fingerprint density at radius 3 is 2.61 bits per heavy atom. The van der Waals surface area contributed by atoms with Gasteiger partial charge >= 0.3 is 0 Å². The number of carbonyl (C=O) groups excluding carboxylic acids is 1. The summed E-state index contributed by atoms with van der Waals surface area (Å²) < 4.78 is 2.01. The SMILES string of the molecule is CCCn1nc2c(c1C)[C@H](c1ccc(N(C)C)cc1)CC(=O)N2. The van der Waals surface area contributed by atoms with Crippen LogP contribution in [0.4, 0.5) is 11.5 Å². The van der Waals surface area contributed by atoms with Crippen LogP contribution in [0.25, 0.3) is 0 Å². The minimum absolute atomic E-state index is 0.0420. The highest BCUT2D eigenvalue weighted by molar-refractivity contribution is 5.94. The minimum Gasteiger partial charge on any atom is -0.378 e. The number of benzene rings is 1. The van der Waals surface area contributed by atoms with Crippen LogP contribution in [0.3, 0.4) is 0 Å². The van der Waals surface area contributed by atoms with Crippen molar-refractivity contribution < 1.29 is 4.79 Å². The van der Waals surface area contributed by atoms with E-state index in [2.05, 4.69) is 53.4 Å². The number of fused-ring (bicyclic) bond motifs is 1. The molecule has 5 nitrogen and oxygen atoms in total. The van der Waals surface area contributed by atoms with Gasteiger partial charge in [-0.1, -0.05) is 19.1 Å². The number of hydrogen-bond acceptors (Lipinski definition) is 3. The number of aromatic nitrogens is 2. The molecule has 1 amide bonds. The molecule has 0 fully saturated rings. The van der Waals surface area contributed by atoms with Gasteiger partial charge < -0.3 is 10.2 Å². The monoisotopic (exact) mass is 312 g/mol. The molecule has 0 saturated heterocycles. The van der Waals surface area contributed by atoms with Crippen molar-refractivity contribution in [2.24, 2.45) is 0 Å². The van der Waals surface area contributed by atoms with Crippen molar-refractivity contribution in [3.05, 3.63) is 41.1 Å². The van der Waals surface area contributed by atoms with Crippen LogP contribution in [0.2, 0.25) is 0 Å². The van der Waals surface area contributed by atoms with Gasteiger partial charge in [-0.3, -0.25) is 9.48 Å². The van der Waals surface area contributed by atoms with E-state index in [1.807, 2.05) is 18.8 Å². The van der Waals surface area contributed by atoms with Crippen molar-refractivity contribution in [1.29, 1.82) is 0 Å². The van der Waals surface area contributed by atoms with Crippen LogP contribution < -0.4 is 10.2 Å². The number of rotatable bonds is 4. The van der Waals surface area contributed by atoms with E-state index in [-0.39, 0.29) is 11.8 Å². The van der Waals surface area contributed by atoms with Gasteiger partial charge in [-0.15, -0.1) is 0 Å². The zero-order valence-electron chi connectivity index (χ0n) is 14.3. The summed E-state index contributed by atoms with van der Waals surface area (Å²) >= 11 is 0. The standard InChI is InChI=1S/C18H24N4O/c1-5-10-22-12(2)17-15(11-16(23)19-18(17)20-22)13-6-8-14(9-7-13)21(3)4/h6-9,15H,5,10-11H2,1-4H3,(H,19,20,23)/t15-/m0/s1. The largest absolute Gasteiger partial charge is 0.378 e. The molecule has 1 atom stereocenters. The second-order valence-corrected chi connectivity index (χ2v) is 6.36. The topological polar surface area (TPSA) is 50.2 Å². The van der Waals surface area contributed by atoms with Gasteiger partial charge in [0.25, 0.3) is 0 Å². The van der Waals surface area contributed by atoms with Crippen LogP contribution in [-0.4, -0.2) is 29.8 Å². The fourth-order valence-electron chi connectivity index (χ4n) is 3.26. The molecule has 122 valence electrons. The summed E-state index contributed by atoms with van der Waals surface area (Å²) in [5.74, 6) is 0.856. The molecule has 2 heterocycles. The average molecular weight is 312 g/mol. The zero-order valence-corrected chi connectivity index (χ0v) is 14.3. The van der Waals surface area contributed by atoms with Gasteiger partial charge in [0.2, 0.25) is 5.91 Å². The van der Waals surface area contributed by atoms with E-state index in [0.29, 0.717) is 6.42 Å². The lowest BCUT2D eigenvalue weighted by molar-refractivity contribution is -0.116. The Balaban J connectivity index is 2.02. The van der Waals surface area contributed by atoms with Gasteiger partial charge in [0.15, 0.2) is 5.82 Å². The Morgan fingerprint density at radius 2 is 2.00 bits per heavy atom. The highest BCUT2D eigenvalue weighted by Gasteiger charge is 2.31. The van der Waals surface area contributed by atoms with Crippen LogP contribution >= 0.6 is 0 Å². The van der Waals surface area contributed by atoms with E-state index >= 15 is 0 Å². The maximum atomic E-state index is 12.1. The van der Waals surface area contributed by atoms with E-state index in [4.69, 9.17) is 0 Å². The summed E-state index contributed by atoms with van der Waals surface area (Å²) in [6.45, 7) is 5.11. The summed E-state index contributed by atoms with van der Waals surface area (Å²) in [5.41, 5.74) is 4.65. The second kappa shape index (κ2) is 6.07. The zero-order chi connectivity index (χ0) is 16.6. The van der Waals surface area contributed by atoms with Crippen LogP contribution in [0.5, 0.6) is 0 Å². The Morgan fingerprint density at radius 1 is 1.30 bits per heavy atom. The molecule has 3 rings (SSSR count). The van der Waals surface area contributed by atoms with E-state index in [1.54, 1.807) is 0 Å². The third-order valence-corrected chi connectivity index (χ3v) is 4.50. The molecule has 5 heteroatoms. The van der Waals surface area contributed by atoms with Gasteiger partial charge in [-0.2, -0.15) is 5.10 Å². The number of anilines is 2. The minimum atomic E-state index is 0.0420. The first-order valence-electron chi connectivity index (χ1n) is 8.15. The van der Waals surface area contributed by atoms with Gasteiger partial charge in [0.1, 0.15) is 0 Å². The first-order chi connectivity index (χ1) is 11.0. The molecule has 0 spiro atoms. The molecule has 0 saturated carbocycles. The number of hydrogen-bond donors (Lipinski definition) is 1. The molecule has 1 N–H and O–H groups in total. The van der Waals surface area contributed by atoms with Gasteiger partial charge in [0.05, 0.1) is 0 Å². The van der Waals surface area contributed by atoms with Gasteiger partial charge in [-0.05, 0) is 31.0 Å². The maximum absolute atomic E-state index is 12.1. The first kappa shape index (κ1) is 15.6. The van der Waals surface area contributed by atoms with E-state index < -0.39 is 0 Å². The highest BCUT2D eigenvalue weighted by atomic mass is 16.1. The summed E-state index contributed by atoms with van der Waals surface area (Å²) in [6, 6.07) is 8.46. The van der Waals surface area contributed by atoms with E-state index in [9.17, 15) is 4.79 Å². The molecular weight excluding hydrogens is 288 g/mol. The third-order valence-electron chi connectivity index (χ3n) is 4.50.